The minimum atomic E-state index is -1.81. The lowest BCUT2D eigenvalue weighted by molar-refractivity contribution is -0.133. The van der Waals surface area contributed by atoms with Crippen molar-refractivity contribution in [3.8, 4) is 0 Å². The minimum Gasteiger partial charge on any atom is -0.324 e. The maximum Gasteiger partial charge on any atom is 0.325 e. The first kappa shape index (κ1) is 21.4. The van der Waals surface area contributed by atoms with E-state index in [0.717, 1.165) is 30.2 Å². The number of para-hydroxylation sites is 1. The topological polar surface area (TPSA) is 78.5 Å². The third-order valence-electron chi connectivity index (χ3n) is 5.42. The summed E-state index contributed by atoms with van der Waals surface area (Å²) < 4.78 is 27.8. The summed E-state index contributed by atoms with van der Waals surface area (Å²) in [5.41, 5.74) is -0.566. The van der Waals surface area contributed by atoms with Crippen molar-refractivity contribution in [3.63, 3.8) is 0 Å². The number of rotatable bonds is 6. The number of anilines is 1. The van der Waals surface area contributed by atoms with Crippen LogP contribution in [0.1, 0.15) is 44.2 Å². The fourth-order valence-corrected chi connectivity index (χ4v) is 3.50. The second-order valence-corrected chi connectivity index (χ2v) is 7.52. The molecule has 3 rings (SSSR count). The van der Waals surface area contributed by atoms with Crippen LogP contribution in [0.5, 0.6) is 0 Å². The molecular weight excluding hydrogens is 392 g/mol. The Morgan fingerprint density at radius 1 is 1.20 bits per heavy atom. The Morgan fingerprint density at radius 3 is 2.60 bits per heavy atom. The summed E-state index contributed by atoms with van der Waals surface area (Å²) in [5, 5.41) is 5.11. The van der Waals surface area contributed by atoms with Crippen molar-refractivity contribution in [2.45, 2.75) is 38.6 Å². The molecule has 2 atom stereocenters. The number of imide groups is 1. The zero-order valence-electron chi connectivity index (χ0n) is 17.0. The largest absolute Gasteiger partial charge is 0.325 e. The summed E-state index contributed by atoms with van der Waals surface area (Å²) in [6.07, 6.45) is 0.872. The molecule has 1 heterocycles. The summed E-state index contributed by atoms with van der Waals surface area (Å²) in [4.78, 5) is 38.5. The van der Waals surface area contributed by atoms with Crippen molar-refractivity contribution in [1.29, 1.82) is 0 Å². The number of carbonyl (C=O) groups excluding carboxylic acids is 3. The van der Waals surface area contributed by atoms with Crippen LogP contribution in [0.3, 0.4) is 0 Å². The van der Waals surface area contributed by atoms with Gasteiger partial charge in [-0.25, -0.2) is 13.6 Å². The fourth-order valence-electron chi connectivity index (χ4n) is 3.50. The normalized spacial score (nSPS) is 19.6. The quantitative estimate of drug-likeness (QED) is 0.703. The number of amides is 4. The predicted molar refractivity (Wildman–Crippen MR) is 108 cm³/mol. The highest BCUT2D eigenvalue weighted by atomic mass is 19.1. The number of nitrogens with zero attached hydrogens (tertiary/aromatic N) is 1. The van der Waals surface area contributed by atoms with Gasteiger partial charge in [0.1, 0.15) is 23.7 Å². The first-order chi connectivity index (χ1) is 14.2. The van der Waals surface area contributed by atoms with Crippen LogP contribution in [0.25, 0.3) is 0 Å². The second-order valence-electron chi connectivity index (χ2n) is 7.52. The van der Waals surface area contributed by atoms with E-state index < -0.39 is 41.6 Å². The van der Waals surface area contributed by atoms with Gasteiger partial charge in [0.15, 0.2) is 0 Å². The zero-order valence-corrected chi connectivity index (χ0v) is 17.0. The molecule has 30 heavy (non-hydrogen) atoms. The van der Waals surface area contributed by atoms with E-state index >= 15 is 0 Å². The summed E-state index contributed by atoms with van der Waals surface area (Å²) in [5.74, 6) is -2.77. The van der Waals surface area contributed by atoms with Gasteiger partial charge in [0.2, 0.25) is 5.91 Å². The third kappa shape index (κ3) is 3.90. The van der Waals surface area contributed by atoms with Crippen LogP contribution >= 0.6 is 0 Å². The average molecular weight is 415 g/mol. The molecule has 4 amide bonds. The molecule has 6 nitrogen and oxygen atoms in total. The van der Waals surface area contributed by atoms with Gasteiger partial charge in [-0.1, -0.05) is 32.0 Å². The van der Waals surface area contributed by atoms with Crippen molar-refractivity contribution in [2.24, 2.45) is 0 Å². The number of nitrogens with one attached hydrogen (secondary N) is 2. The molecule has 0 unspecified atom stereocenters. The van der Waals surface area contributed by atoms with Crippen LogP contribution in [-0.2, 0) is 15.1 Å². The van der Waals surface area contributed by atoms with E-state index in [0.29, 0.717) is 10.6 Å². The number of hydrogen-bond acceptors (Lipinski definition) is 3. The Kier molecular flexibility index (Phi) is 5.87. The fraction of sp³-hybridized carbons (Fsp3) is 0.318. The van der Waals surface area contributed by atoms with Crippen LogP contribution < -0.4 is 10.6 Å². The van der Waals surface area contributed by atoms with E-state index in [-0.39, 0.29) is 11.5 Å². The minimum absolute atomic E-state index is 0.206. The van der Waals surface area contributed by atoms with E-state index in [1.807, 2.05) is 26.0 Å². The lowest BCUT2D eigenvalue weighted by Crippen LogP contribution is -2.42. The molecule has 0 bridgehead atoms. The average Bonchev–Trinajstić information content (AvgIpc) is 2.93. The molecule has 0 aromatic heterocycles. The number of hydrogen-bond donors (Lipinski definition) is 2. The Labute approximate surface area is 173 Å². The highest BCUT2D eigenvalue weighted by Gasteiger charge is 2.50. The number of benzene rings is 2. The number of halogens is 2. The van der Waals surface area contributed by atoms with Gasteiger partial charge >= 0.3 is 6.03 Å². The third-order valence-corrected chi connectivity index (χ3v) is 5.42. The van der Waals surface area contributed by atoms with Crippen molar-refractivity contribution >= 4 is 23.5 Å². The molecule has 1 aliphatic heterocycles. The van der Waals surface area contributed by atoms with Gasteiger partial charge in [0.05, 0.1) is 0 Å². The summed E-state index contributed by atoms with van der Waals surface area (Å²) in [6, 6.07) is 9.11. The van der Waals surface area contributed by atoms with Crippen LogP contribution in [-0.4, -0.2) is 29.3 Å². The standard InChI is InChI=1S/C22H23F2N3O3/c1-4-13(2)15-7-5-6-8-18(15)25-19(28)12-27-20(29)22(3,26-21(27)30)16-11-14(23)9-10-17(16)24/h5-11,13H,4,12H2,1-3H3,(H,25,28)(H,26,30)/t13-,22-/m0/s1. The Morgan fingerprint density at radius 2 is 1.90 bits per heavy atom. The van der Waals surface area contributed by atoms with Crippen LogP contribution in [0.4, 0.5) is 19.3 Å². The molecule has 1 saturated heterocycles. The van der Waals surface area contributed by atoms with E-state index in [1.54, 1.807) is 12.1 Å². The van der Waals surface area contributed by atoms with Crippen molar-refractivity contribution < 1.29 is 23.2 Å². The lowest BCUT2D eigenvalue weighted by atomic mass is 9.91. The Balaban J connectivity index is 1.80. The van der Waals surface area contributed by atoms with Crippen LogP contribution in [0, 0.1) is 11.6 Å². The van der Waals surface area contributed by atoms with E-state index in [9.17, 15) is 23.2 Å². The Hall–Kier alpha value is -3.29. The van der Waals surface area contributed by atoms with Gasteiger partial charge in [-0.05, 0) is 49.1 Å². The monoisotopic (exact) mass is 415 g/mol. The Bertz CT molecular complexity index is 1010. The van der Waals surface area contributed by atoms with Crippen LogP contribution in [0.2, 0.25) is 0 Å². The highest BCUT2D eigenvalue weighted by Crippen LogP contribution is 2.31. The molecule has 8 heteroatoms. The summed E-state index contributed by atoms with van der Waals surface area (Å²) >= 11 is 0. The first-order valence-electron chi connectivity index (χ1n) is 9.65. The first-order valence-corrected chi connectivity index (χ1v) is 9.65. The van der Waals surface area contributed by atoms with E-state index in [4.69, 9.17) is 0 Å². The molecule has 0 spiro atoms. The van der Waals surface area contributed by atoms with Crippen molar-refractivity contribution in [3.05, 3.63) is 65.2 Å². The zero-order chi connectivity index (χ0) is 22.1. The molecule has 2 aromatic carbocycles. The van der Waals surface area contributed by atoms with E-state index in [2.05, 4.69) is 10.6 Å². The van der Waals surface area contributed by atoms with Gasteiger partial charge in [0, 0.05) is 11.3 Å². The van der Waals surface area contributed by atoms with Gasteiger partial charge in [0.25, 0.3) is 5.91 Å². The molecule has 2 aromatic rings. The smallest absolute Gasteiger partial charge is 0.324 e. The van der Waals surface area contributed by atoms with Gasteiger partial charge in [-0.2, -0.15) is 0 Å². The maximum atomic E-state index is 14.2. The summed E-state index contributed by atoms with van der Waals surface area (Å²) in [6.45, 7) is 4.79. The molecular formula is C22H23F2N3O3. The molecule has 158 valence electrons. The highest BCUT2D eigenvalue weighted by molar-refractivity contribution is 6.10. The van der Waals surface area contributed by atoms with E-state index in [1.165, 1.54) is 6.92 Å². The lowest BCUT2D eigenvalue weighted by Gasteiger charge is -2.23. The second kappa shape index (κ2) is 8.22. The SMILES string of the molecule is CC[C@H](C)c1ccccc1NC(=O)CN1C(=O)N[C@@](C)(c2cc(F)ccc2F)C1=O. The molecule has 2 N–H and O–H groups in total. The van der Waals surface area contributed by atoms with Crippen molar-refractivity contribution in [1.82, 2.24) is 10.2 Å². The van der Waals surface area contributed by atoms with Gasteiger partial charge < -0.3 is 10.6 Å². The predicted octanol–water partition coefficient (Wildman–Crippen LogP) is 3.88. The maximum absolute atomic E-state index is 14.2. The molecule has 0 saturated carbocycles. The number of urea groups is 1. The molecule has 0 radical (unpaired) electrons. The van der Waals surface area contributed by atoms with Gasteiger partial charge in [-0.3, -0.25) is 14.5 Å². The number of carbonyl (C=O) groups is 3. The molecule has 1 fully saturated rings. The molecule has 1 aliphatic rings. The van der Waals surface area contributed by atoms with Crippen molar-refractivity contribution in [2.75, 3.05) is 11.9 Å². The summed E-state index contributed by atoms with van der Waals surface area (Å²) in [7, 11) is 0. The van der Waals surface area contributed by atoms with Crippen LogP contribution in [0.15, 0.2) is 42.5 Å². The molecule has 0 aliphatic carbocycles. The van der Waals surface area contributed by atoms with Gasteiger partial charge in [-0.15, -0.1) is 0 Å².